The van der Waals surface area contributed by atoms with Crippen molar-refractivity contribution in [2.24, 2.45) is 5.92 Å². The molecule has 0 saturated heterocycles. The Hall–Kier alpha value is -2.54. The summed E-state index contributed by atoms with van der Waals surface area (Å²) in [5.41, 5.74) is 1.22. The van der Waals surface area contributed by atoms with E-state index in [0.29, 0.717) is 0 Å². The highest BCUT2D eigenvalue weighted by molar-refractivity contribution is 5.98. The number of rotatable bonds is 7. The molecule has 0 spiro atoms. The van der Waals surface area contributed by atoms with Crippen molar-refractivity contribution < 1.29 is 19.1 Å². The molecule has 166 valence electrons. The molecule has 1 atom stereocenters. The van der Waals surface area contributed by atoms with Crippen LogP contribution in [0.15, 0.2) is 24.4 Å². The highest BCUT2D eigenvalue weighted by Gasteiger charge is 2.29. The molecule has 0 aliphatic rings. The first-order valence-electron chi connectivity index (χ1n) is 10.3. The van der Waals surface area contributed by atoms with Crippen molar-refractivity contribution in [1.29, 1.82) is 0 Å². The van der Waals surface area contributed by atoms with E-state index in [1.165, 1.54) is 0 Å². The van der Waals surface area contributed by atoms with E-state index in [1.807, 2.05) is 52.3 Å². The molecule has 7 heteroatoms. The molecule has 7 nitrogen and oxygen atoms in total. The summed E-state index contributed by atoms with van der Waals surface area (Å²) in [5.74, 6) is 0.444. The SMILES string of the molecule is COc1ccc2c(c1)c(CCN(C)C)cn2C(=O)C(NC(=O)OC(C)(C)C)C(C)C. The first kappa shape index (κ1) is 23.7. The van der Waals surface area contributed by atoms with Crippen LogP contribution < -0.4 is 10.1 Å². The highest BCUT2D eigenvalue weighted by atomic mass is 16.6. The number of hydrogen-bond acceptors (Lipinski definition) is 5. The molecule has 1 aromatic heterocycles. The number of aromatic nitrogens is 1. The van der Waals surface area contributed by atoms with E-state index < -0.39 is 17.7 Å². The molecule has 0 fully saturated rings. The van der Waals surface area contributed by atoms with Gasteiger partial charge in [0.15, 0.2) is 0 Å². The average Bonchev–Trinajstić information content (AvgIpc) is 3.00. The number of ether oxygens (including phenoxy) is 2. The summed E-state index contributed by atoms with van der Waals surface area (Å²) in [6.45, 7) is 10.0. The molecule has 1 N–H and O–H groups in total. The van der Waals surface area contributed by atoms with Crippen LogP contribution in [0.3, 0.4) is 0 Å². The van der Waals surface area contributed by atoms with Gasteiger partial charge in [0, 0.05) is 18.1 Å². The van der Waals surface area contributed by atoms with Crippen LogP contribution in [-0.4, -0.2) is 60.9 Å². The van der Waals surface area contributed by atoms with Crippen molar-refractivity contribution in [3.05, 3.63) is 30.0 Å². The van der Waals surface area contributed by atoms with E-state index in [9.17, 15) is 9.59 Å². The Kier molecular flexibility index (Phi) is 7.53. The molecule has 1 amide bonds. The van der Waals surface area contributed by atoms with E-state index >= 15 is 0 Å². The van der Waals surface area contributed by atoms with Crippen LogP contribution in [0.2, 0.25) is 0 Å². The summed E-state index contributed by atoms with van der Waals surface area (Å²) < 4.78 is 12.4. The molecule has 30 heavy (non-hydrogen) atoms. The maximum absolute atomic E-state index is 13.5. The lowest BCUT2D eigenvalue weighted by Crippen LogP contribution is -2.48. The molecular weight excluding hydrogens is 382 g/mol. The lowest BCUT2D eigenvalue weighted by molar-refractivity contribution is 0.0465. The Balaban J connectivity index is 2.42. The van der Waals surface area contributed by atoms with Crippen LogP contribution in [0, 0.1) is 5.92 Å². The standard InChI is InChI=1S/C23H35N3O4/c1-15(2)20(24-22(28)30-23(3,4)5)21(27)26-14-16(11-12-25(6)7)18-13-17(29-8)9-10-19(18)26/h9-10,13-15,20H,11-12H2,1-8H3,(H,24,28). The third-order valence-corrected chi connectivity index (χ3v) is 4.76. The van der Waals surface area contributed by atoms with Gasteiger partial charge in [-0.3, -0.25) is 9.36 Å². The lowest BCUT2D eigenvalue weighted by Gasteiger charge is -2.25. The zero-order valence-electron chi connectivity index (χ0n) is 19.4. The molecule has 1 heterocycles. The van der Waals surface area contributed by atoms with Crippen molar-refractivity contribution in [2.45, 2.75) is 52.7 Å². The van der Waals surface area contributed by atoms with Crippen molar-refractivity contribution >= 4 is 22.9 Å². The van der Waals surface area contributed by atoms with E-state index in [4.69, 9.17) is 9.47 Å². The second-order valence-corrected chi connectivity index (χ2v) is 9.17. The average molecular weight is 418 g/mol. The number of alkyl carbamates (subject to hydrolysis) is 1. The Morgan fingerprint density at radius 3 is 2.40 bits per heavy atom. The number of nitrogens with zero attached hydrogens (tertiary/aromatic N) is 2. The maximum atomic E-state index is 13.5. The Morgan fingerprint density at radius 2 is 1.87 bits per heavy atom. The molecule has 2 rings (SSSR count). The van der Waals surface area contributed by atoms with Gasteiger partial charge in [-0.25, -0.2) is 4.79 Å². The highest BCUT2D eigenvalue weighted by Crippen LogP contribution is 2.27. The molecule has 2 aromatic rings. The summed E-state index contributed by atoms with van der Waals surface area (Å²) in [4.78, 5) is 27.9. The Bertz CT molecular complexity index is 894. The molecular formula is C23H35N3O4. The van der Waals surface area contributed by atoms with E-state index in [2.05, 4.69) is 10.2 Å². The predicted molar refractivity (Wildman–Crippen MR) is 119 cm³/mol. The molecule has 0 bridgehead atoms. The van der Waals surface area contributed by atoms with Crippen LogP contribution in [0.1, 0.15) is 45.0 Å². The molecule has 0 saturated carbocycles. The number of carbonyl (C=O) groups is 2. The second-order valence-electron chi connectivity index (χ2n) is 9.17. The van der Waals surface area contributed by atoms with Gasteiger partial charge in [-0.15, -0.1) is 0 Å². The number of carbonyl (C=O) groups excluding carboxylic acids is 2. The quantitative estimate of drug-likeness (QED) is 0.739. The Morgan fingerprint density at radius 1 is 1.20 bits per heavy atom. The minimum atomic E-state index is -0.709. The van der Waals surface area contributed by atoms with Crippen LogP contribution in [-0.2, 0) is 11.2 Å². The van der Waals surface area contributed by atoms with Gasteiger partial charge in [-0.2, -0.15) is 0 Å². The molecule has 1 aromatic carbocycles. The fraction of sp³-hybridized carbons (Fsp3) is 0.565. The third kappa shape index (κ3) is 5.98. The van der Waals surface area contributed by atoms with E-state index in [0.717, 1.165) is 35.2 Å². The molecule has 1 unspecified atom stereocenters. The number of benzene rings is 1. The van der Waals surface area contributed by atoms with Gasteiger partial charge >= 0.3 is 6.09 Å². The van der Waals surface area contributed by atoms with Gasteiger partial charge < -0.3 is 19.7 Å². The summed E-state index contributed by atoms with van der Waals surface area (Å²) in [5, 5.41) is 3.73. The predicted octanol–water partition coefficient (Wildman–Crippen LogP) is 3.94. The summed E-state index contributed by atoms with van der Waals surface area (Å²) in [6.07, 6.45) is 2.07. The number of amides is 1. The van der Waals surface area contributed by atoms with Gasteiger partial charge in [0.05, 0.1) is 12.6 Å². The normalized spacial score (nSPS) is 13.0. The van der Waals surface area contributed by atoms with Crippen molar-refractivity contribution in [3.63, 3.8) is 0 Å². The fourth-order valence-corrected chi connectivity index (χ4v) is 3.23. The van der Waals surface area contributed by atoms with Crippen LogP contribution in [0.25, 0.3) is 10.9 Å². The fourth-order valence-electron chi connectivity index (χ4n) is 3.23. The van der Waals surface area contributed by atoms with Crippen molar-refractivity contribution in [1.82, 2.24) is 14.8 Å². The zero-order chi connectivity index (χ0) is 22.6. The van der Waals surface area contributed by atoms with E-state index in [-0.39, 0.29) is 11.8 Å². The zero-order valence-corrected chi connectivity index (χ0v) is 19.4. The summed E-state index contributed by atoms with van der Waals surface area (Å²) >= 11 is 0. The number of nitrogens with one attached hydrogen (secondary N) is 1. The minimum Gasteiger partial charge on any atom is -0.497 e. The van der Waals surface area contributed by atoms with Crippen LogP contribution >= 0.6 is 0 Å². The smallest absolute Gasteiger partial charge is 0.408 e. The lowest BCUT2D eigenvalue weighted by atomic mass is 10.0. The molecule has 0 radical (unpaired) electrons. The largest absolute Gasteiger partial charge is 0.497 e. The van der Waals surface area contributed by atoms with Crippen LogP contribution in [0.4, 0.5) is 4.79 Å². The first-order valence-corrected chi connectivity index (χ1v) is 10.3. The molecule has 0 aliphatic heterocycles. The van der Waals surface area contributed by atoms with Gasteiger partial charge in [0.25, 0.3) is 5.91 Å². The number of methoxy groups -OCH3 is 1. The first-order chi connectivity index (χ1) is 13.9. The minimum absolute atomic E-state index is 0.106. The van der Waals surface area contributed by atoms with Crippen molar-refractivity contribution in [2.75, 3.05) is 27.7 Å². The van der Waals surface area contributed by atoms with Crippen LogP contribution in [0.5, 0.6) is 5.75 Å². The molecule has 0 aliphatic carbocycles. The monoisotopic (exact) mass is 417 g/mol. The number of fused-ring (bicyclic) bond motifs is 1. The summed E-state index contributed by atoms with van der Waals surface area (Å²) in [7, 11) is 5.66. The second kappa shape index (κ2) is 9.51. The third-order valence-electron chi connectivity index (χ3n) is 4.76. The van der Waals surface area contributed by atoms with Gasteiger partial charge in [-0.1, -0.05) is 13.8 Å². The summed E-state index contributed by atoms with van der Waals surface area (Å²) in [6, 6.07) is 4.97. The van der Waals surface area contributed by atoms with Gasteiger partial charge in [-0.05, 0) is 71.0 Å². The number of hydrogen-bond donors (Lipinski definition) is 1. The van der Waals surface area contributed by atoms with Gasteiger partial charge in [0.1, 0.15) is 17.4 Å². The number of likely N-dealkylation sites (N-methyl/N-ethyl adjacent to an activating group) is 1. The van der Waals surface area contributed by atoms with Crippen molar-refractivity contribution in [3.8, 4) is 5.75 Å². The Labute approximate surface area is 179 Å². The van der Waals surface area contributed by atoms with E-state index in [1.54, 1.807) is 32.4 Å². The maximum Gasteiger partial charge on any atom is 0.408 e. The topological polar surface area (TPSA) is 72.8 Å². The van der Waals surface area contributed by atoms with Gasteiger partial charge in [0.2, 0.25) is 0 Å².